The van der Waals surface area contributed by atoms with Crippen molar-refractivity contribution in [2.24, 2.45) is 0 Å². The third-order valence-electron chi connectivity index (χ3n) is 2.45. The Labute approximate surface area is 100 Å². The van der Waals surface area contributed by atoms with Crippen molar-refractivity contribution in [3.63, 3.8) is 0 Å². The summed E-state index contributed by atoms with van der Waals surface area (Å²) in [5.74, 6) is -1.37. The van der Waals surface area contributed by atoms with E-state index in [1.165, 1.54) is 6.08 Å². The minimum atomic E-state index is -1.05. The zero-order valence-electron chi connectivity index (χ0n) is 9.65. The first-order chi connectivity index (χ1) is 8.13. The molecular formula is C11H18N2O4. The zero-order chi connectivity index (χ0) is 12.7. The summed E-state index contributed by atoms with van der Waals surface area (Å²) in [5.41, 5.74) is 0. The van der Waals surface area contributed by atoms with Gasteiger partial charge in [0.15, 0.2) is 0 Å². The summed E-state index contributed by atoms with van der Waals surface area (Å²) in [6.07, 6.45) is 1.68. The highest BCUT2D eigenvalue weighted by molar-refractivity contribution is 5.83. The molecule has 0 bridgehead atoms. The lowest BCUT2D eigenvalue weighted by Crippen LogP contribution is -2.45. The van der Waals surface area contributed by atoms with Crippen LogP contribution in [0.25, 0.3) is 0 Å². The monoisotopic (exact) mass is 242 g/mol. The maximum absolute atomic E-state index is 11.6. The maximum Gasteiger partial charge on any atom is 0.326 e. The van der Waals surface area contributed by atoms with E-state index in [1.807, 2.05) is 0 Å². The summed E-state index contributed by atoms with van der Waals surface area (Å²) in [4.78, 5) is 22.4. The van der Waals surface area contributed by atoms with Crippen LogP contribution in [-0.4, -0.2) is 48.8 Å². The molecule has 0 saturated carbocycles. The summed E-state index contributed by atoms with van der Waals surface area (Å²) in [6.45, 7) is 5.43. The molecule has 17 heavy (non-hydrogen) atoms. The van der Waals surface area contributed by atoms with Crippen LogP contribution in [0.5, 0.6) is 0 Å². The van der Waals surface area contributed by atoms with Gasteiger partial charge in [-0.25, -0.2) is 4.79 Å². The van der Waals surface area contributed by atoms with Crippen molar-refractivity contribution in [1.29, 1.82) is 0 Å². The van der Waals surface area contributed by atoms with Crippen molar-refractivity contribution in [2.75, 3.05) is 19.7 Å². The summed E-state index contributed by atoms with van der Waals surface area (Å²) < 4.78 is 5.36. The molecule has 0 aromatic heterocycles. The molecule has 1 aliphatic heterocycles. The fraction of sp³-hybridized carbons (Fsp3) is 0.636. The van der Waals surface area contributed by atoms with Crippen LogP contribution in [0, 0.1) is 0 Å². The Balaban J connectivity index is 2.35. The van der Waals surface area contributed by atoms with E-state index in [0.717, 1.165) is 6.54 Å². The third kappa shape index (κ3) is 4.97. The summed E-state index contributed by atoms with van der Waals surface area (Å²) in [7, 11) is 0. The molecule has 1 saturated heterocycles. The van der Waals surface area contributed by atoms with E-state index < -0.39 is 12.0 Å². The molecule has 1 rings (SSSR count). The molecule has 0 radical (unpaired) electrons. The largest absolute Gasteiger partial charge is 0.480 e. The van der Waals surface area contributed by atoms with Gasteiger partial charge < -0.3 is 20.5 Å². The van der Waals surface area contributed by atoms with Crippen molar-refractivity contribution in [3.05, 3.63) is 12.7 Å². The van der Waals surface area contributed by atoms with Crippen molar-refractivity contribution < 1.29 is 19.4 Å². The Bertz CT molecular complexity index is 287. The van der Waals surface area contributed by atoms with Crippen LogP contribution in [0.3, 0.4) is 0 Å². The number of carbonyl (C=O) groups excluding carboxylic acids is 1. The molecule has 6 nitrogen and oxygen atoms in total. The van der Waals surface area contributed by atoms with Gasteiger partial charge in [0.25, 0.3) is 0 Å². The number of rotatable bonds is 6. The molecule has 3 N–H and O–H groups in total. The molecule has 1 aliphatic rings. The lowest BCUT2D eigenvalue weighted by atomic mass is 10.1. The summed E-state index contributed by atoms with van der Waals surface area (Å²) in [5, 5.41) is 14.4. The first-order valence-corrected chi connectivity index (χ1v) is 5.59. The van der Waals surface area contributed by atoms with E-state index in [1.54, 1.807) is 0 Å². The number of morpholine rings is 1. The van der Waals surface area contributed by atoms with Crippen molar-refractivity contribution in [2.45, 2.75) is 25.0 Å². The number of aliphatic carboxylic acids is 1. The highest BCUT2D eigenvalue weighted by atomic mass is 16.5. The second kappa shape index (κ2) is 7.03. The molecule has 1 fully saturated rings. The standard InChI is InChI=1S/C11H18N2O4/c1-2-3-9(11(15)16)13-10(14)6-8-7-12-4-5-17-8/h2,8-9,12H,1,3-7H2,(H,13,14)(H,15,16). The molecule has 0 aromatic carbocycles. The third-order valence-corrected chi connectivity index (χ3v) is 2.45. The number of carbonyl (C=O) groups is 2. The SMILES string of the molecule is C=CCC(NC(=O)CC1CNCCO1)C(=O)O. The highest BCUT2D eigenvalue weighted by Gasteiger charge is 2.22. The molecule has 96 valence electrons. The number of carboxylic acids is 1. The van der Waals surface area contributed by atoms with Gasteiger partial charge in [0.1, 0.15) is 6.04 Å². The molecule has 1 heterocycles. The van der Waals surface area contributed by atoms with E-state index >= 15 is 0 Å². The van der Waals surface area contributed by atoms with Crippen molar-refractivity contribution in [1.82, 2.24) is 10.6 Å². The minimum absolute atomic E-state index is 0.175. The Hall–Kier alpha value is -1.40. The van der Waals surface area contributed by atoms with Crippen LogP contribution in [0.1, 0.15) is 12.8 Å². The second-order valence-corrected chi connectivity index (χ2v) is 3.88. The zero-order valence-corrected chi connectivity index (χ0v) is 9.65. The number of carboxylic acid groups (broad SMARTS) is 1. The number of ether oxygens (including phenoxy) is 1. The number of hydrogen-bond donors (Lipinski definition) is 3. The van der Waals surface area contributed by atoms with Gasteiger partial charge in [0.05, 0.1) is 19.1 Å². The van der Waals surface area contributed by atoms with E-state index in [4.69, 9.17) is 9.84 Å². The fourth-order valence-corrected chi connectivity index (χ4v) is 1.60. The topological polar surface area (TPSA) is 87.7 Å². The first kappa shape index (κ1) is 13.7. The molecule has 1 amide bonds. The predicted molar refractivity (Wildman–Crippen MR) is 61.6 cm³/mol. The minimum Gasteiger partial charge on any atom is -0.480 e. The average Bonchev–Trinajstić information content (AvgIpc) is 2.29. The number of amides is 1. The van der Waals surface area contributed by atoms with Crippen molar-refractivity contribution >= 4 is 11.9 Å². The van der Waals surface area contributed by atoms with Gasteiger partial charge in [0, 0.05) is 13.1 Å². The van der Waals surface area contributed by atoms with Gasteiger partial charge in [-0.05, 0) is 6.42 Å². The van der Waals surface area contributed by atoms with Crippen LogP contribution < -0.4 is 10.6 Å². The van der Waals surface area contributed by atoms with Crippen LogP contribution in [0.15, 0.2) is 12.7 Å². The second-order valence-electron chi connectivity index (χ2n) is 3.88. The van der Waals surface area contributed by atoms with E-state index in [-0.39, 0.29) is 24.9 Å². The lowest BCUT2D eigenvalue weighted by molar-refractivity contribution is -0.142. The van der Waals surface area contributed by atoms with Crippen LogP contribution in [0.4, 0.5) is 0 Å². The Morgan fingerprint density at radius 3 is 2.94 bits per heavy atom. The predicted octanol–water partition coefficient (Wildman–Crippen LogP) is -0.490. The normalized spacial score (nSPS) is 21.5. The van der Waals surface area contributed by atoms with E-state index in [9.17, 15) is 9.59 Å². The Kier molecular flexibility index (Phi) is 5.65. The van der Waals surface area contributed by atoms with Gasteiger partial charge in [-0.3, -0.25) is 4.79 Å². The number of nitrogens with one attached hydrogen (secondary N) is 2. The Morgan fingerprint density at radius 2 is 2.41 bits per heavy atom. The average molecular weight is 242 g/mol. The first-order valence-electron chi connectivity index (χ1n) is 5.59. The molecular weight excluding hydrogens is 224 g/mol. The molecule has 2 unspecified atom stereocenters. The van der Waals surface area contributed by atoms with Gasteiger partial charge in [0.2, 0.25) is 5.91 Å². The van der Waals surface area contributed by atoms with Gasteiger partial charge in [-0.1, -0.05) is 6.08 Å². The van der Waals surface area contributed by atoms with E-state index in [2.05, 4.69) is 17.2 Å². The van der Waals surface area contributed by atoms with E-state index in [0.29, 0.717) is 13.2 Å². The molecule has 6 heteroatoms. The highest BCUT2D eigenvalue weighted by Crippen LogP contribution is 2.02. The fourth-order valence-electron chi connectivity index (χ4n) is 1.60. The smallest absolute Gasteiger partial charge is 0.326 e. The maximum atomic E-state index is 11.6. The summed E-state index contributed by atoms with van der Waals surface area (Å²) >= 11 is 0. The lowest BCUT2D eigenvalue weighted by Gasteiger charge is -2.23. The van der Waals surface area contributed by atoms with Crippen LogP contribution in [0.2, 0.25) is 0 Å². The van der Waals surface area contributed by atoms with Gasteiger partial charge >= 0.3 is 5.97 Å². The molecule has 2 atom stereocenters. The summed E-state index contributed by atoms with van der Waals surface area (Å²) in [6, 6.07) is -0.906. The quantitative estimate of drug-likeness (QED) is 0.547. The van der Waals surface area contributed by atoms with Crippen molar-refractivity contribution in [3.8, 4) is 0 Å². The van der Waals surface area contributed by atoms with Gasteiger partial charge in [-0.15, -0.1) is 6.58 Å². The number of hydrogen-bond acceptors (Lipinski definition) is 4. The molecule has 0 aliphatic carbocycles. The van der Waals surface area contributed by atoms with Gasteiger partial charge in [-0.2, -0.15) is 0 Å². The Morgan fingerprint density at radius 1 is 1.65 bits per heavy atom. The molecule has 0 spiro atoms. The van der Waals surface area contributed by atoms with Crippen LogP contribution >= 0.6 is 0 Å². The molecule has 0 aromatic rings. The van der Waals surface area contributed by atoms with Crippen LogP contribution in [-0.2, 0) is 14.3 Å².